The Balaban J connectivity index is 2.20. The van der Waals surface area contributed by atoms with Gasteiger partial charge in [-0.25, -0.2) is 8.78 Å². The first-order chi connectivity index (χ1) is 9.77. The van der Waals surface area contributed by atoms with E-state index in [1.807, 2.05) is 0 Å². The molecule has 0 nitrogen and oxygen atoms in total. The summed E-state index contributed by atoms with van der Waals surface area (Å²) in [6.07, 6.45) is -4.16. The van der Waals surface area contributed by atoms with Crippen molar-refractivity contribution in [1.82, 2.24) is 0 Å². The van der Waals surface area contributed by atoms with Crippen LogP contribution in [0, 0.1) is 11.6 Å². The van der Waals surface area contributed by atoms with Gasteiger partial charge in [-0.15, -0.1) is 0 Å². The van der Waals surface area contributed by atoms with Gasteiger partial charge in [0.15, 0.2) is 11.6 Å². The first-order valence-corrected chi connectivity index (χ1v) is 6.94. The maximum absolute atomic E-state index is 13.1. The van der Waals surface area contributed by atoms with Crippen LogP contribution < -0.4 is 0 Å². The lowest BCUT2D eigenvalue weighted by Gasteiger charge is -2.13. The van der Waals surface area contributed by atoms with Crippen molar-refractivity contribution in [1.29, 1.82) is 0 Å². The van der Waals surface area contributed by atoms with Gasteiger partial charge in [-0.1, -0.05) is 40.2 Å². The van der Waals surface area contributed by atoms with Gasteiger partial charge >= 0.3 is 6.18 Å². The summed E-state index contributed by atoms with van der Waals surface area (Å²) in [7, 11) is 0. The molecule has 112 valence electrons. The van der Waals surface area contributed by atoms with Gasteiger partial charge in [-0.05, 0) is 35.7 Å². The summed E-state index contributed by atoms with van der Waals surface area (Å²) in [5.74, 6) is -1.93. The summed E-state index contributed by atoms with van der Waals surface area (Å²) in [5.41, 5.74) is 0.178. The van der Waals surface area contributed by atoms with Crippen LogP contribution in [-0.2, 0) is 12.6 Å². The fourth-order valence-corrected chi connectivity index (χ4v) is 2.56. The lowest BCUT2D eigenvalue weighted by molar-refractivity contribution is -0.137. The van der Waals surface area contributed by atoms with Gasteiger partial charge in [0.05, 0.1) is 5.56 Å². The van der Waals surface area contributed by atoms with Crippen molar-refractivity contribution in [2.75, 3.05) is 0 Å². The number of rotatable bonds is 3. The van der Waals surface area contributed by atoms with Gasteiger partial charge in [0.1, 0.15) is 0 Å². The smallest absolute Gasteiger partial charge is 0.204 e. The van der Waals surface area contributed by atoms with E-state index in [9.17, 15) is 22.0 Å². The van der Waals surface area contributed by atoms with Crippen molar-refractivity contribution >= 4 is 15.9 Å². The van der Waals surface area contributed by atoms with Crippen molar-refractivity contribution in [3.05, 3.63) is 70.8 Å². The summed E-state index contributed by atoms with van der Waals surface area (Å²) in [6, 6.07) is 8.33. The average molecular weight is 365 g/mol. The molecule has 0 aliphatic carbocycles. The zero-order valence-electron chi connectivity index (χ0n) is 10.6. The van der Waals surface area contributed by atoms with Crippen molar-refractivity contribution in [3.8, 4) is 0 Å². The van der Waals surface area contributed by atoms with Crippen molar-refractivity contribution in [2.45, 2.75) is 17.4 Å². The van der Waals surface area contributed by atoms with Crippen molar-refractivity contribution in [2.24, 2.45) is 0 Å². The van der Waals surface area contributed by atoms with Crippen LogP contribution >= 0.6 is 15.9 Å². The molecular weight excluding hydrogens is 355 g/mol. The molecule has 0 radical (unpaired) electrons. The third-order valence-electron chi connectivity index (χ3n) is 2.97. The molecule has 21 heavy (non-hydrogen) atoms. The maximum atomic E-state index is 13.1. The molecule has 0 aliphatic rings. The second-order valence-corrected chi connectivity index (χ2v) is 5.65. The van der Waals surface area contributed by atoms with E-state index in [4.69, 9.17) is 0 Å². The van der Waals surface area contributed by atoms with Crippen LogP contribution in [-0.4, -0.2) is 0 Å². The van der Waals surface area contributed by atoms with Crippen molar-refractivity contribution in [3.63, 3.8) is 0 Å². The highest BCUT2D eigenvalue weighted by Crippen LogP contribution is 2.34. The Morgan fingerprint density at radius 2 is 1.67 bits per heavy atom. The van der Waals surface area contributed by atoms with E-state index in [1.165, 1.54) is 12.1 Å². The molecule has 0 aromatic heterocycles. The Bertz CT molecular complexity index is 636. The minimum atomic E-state index is -4.41. The molecule has 1 unspecified atom stereocenters. The van der Waals surface area contributed by atoms with Crippen LogP contribution in [0.15, 0.2) is 42.5 Å². The number of halogens is 6. The van der Waals surface area contributed by atoms with E-state index in [2.05, 4.69) is 15.9 Å². The second-order valence-electron chi connectivity index (χ2n) is 4.54. The molecule has 0 N–H and O–H groups in total. The highest BCUT2D eigenvalue weighted by atomic mass is 79.9. The molecule has 6 heteroatoms. The van der Waals surface area contributed by atoms with Crippen LogP contribution in [0.25, 0.3) is 0 Å². The summed E-state index contributed by atoms with van der Waals surface area (Å²) in [5, 5.41) is 0. The van der Waals surface area contributed by atoms with Gasteiger partial charge in [0, 0.05) is 4.83 Å². The van der Waals surface area contributed by atoms with E-state index in [0.29, 0.717) is 11.1 Å². The normalized spacial score (nSPS) is 13.2. The Kier molecular flexibility index (Phi) is 4.66. The van der Waals surface area contributed by atoms with E-state index in [0.717, 1.165) is 24.3 Å². The average Bonchev–Trinajstić information content (AvgIpc) is 2.42. The highest BCUT2D eigenvalue weighted by Gasteiger charge is 2.30. The van der Waals surface area contributed by atoms with E-state index in [1.54, 1.807) is 6.07 Å². The lowest BCUT2D eigenvalue weighted by atomic mass is 10.0. The predicted octanol–water partition coefficient (Wildman–Crippen LogP) is 5.66. The molecule has 1 atom stereocenters. The molecular formula is C15H10BrF5. The topological polar surface area (TPSA) is 0 Å². The minimum Gasteiger partial charge on any atom is -0.204 e. The SMILES string of the molecule is Fc1ccc(CC(Br)c2cccc(C(F)(F)F)c2)cc1F. The highest BCUT2D eigenvalue weighted by molar-refractivity contribution is 9.09. The fourth-order valence-electron chi connectivity index (χ4n) is 1.90. The summed E-state index contributed by atoms with van der Waals surface area (Å²) in [4.78, 5) is -0.426. The first kappa shape index (κ1) is 15.9. The molecule has 2 rings (SSSR count). The van der Waals surface area contributed by atoms with Crippen molar-refractivity contribution < 1.29 is 22.0 Å². The molecule has 0 spiro atoms. The molecule has 0 heterocycles. The molecule has 0 amide bonds. The van der Waals surface area contributed by atoms with Gasteiger partial charge in [0.2, 0.25) is 0 Å². The zero-order chi connectivity index (χ0) is 15.6. The van der Waals surface area contributed by atoms with Gasteiger partial charge in [-0.2, -0.15) is 13.2 Å². The summed E-state index contributed by atoms with van der Waals surface area (Å²) < 4.78 is 63.9. The Morgan fingerprint density at radius 3 is 2.29 bits per heavy atom. The number of hydrogen-bond acceptors (Lipinski definition) is 0. The second kappa shape index (κ2) is 6.13. The van der Waals surface area contributed by atoms with E-state index < -0.39 is 28.2 Å². The largest absolute Gasteiger partial charge is 0.416 e. The number of benzene rings is 2. The monoisotopic (exact) mass is 364 g/mol. The number of alkyl halides is 4. The van der Waals surface area contributed by atoms with Gasteiger partial charge in [0.25, 0.3) is 0 Å². The van der Waals surface area contributed by atoms with Gasteiger partial charge < -0.3 is 0 Å². The fraction of sp³-hybridized carbons (Fsp3) is 0.200. The van der Waals surface area contributed by atoms with Gasteiger partial charge in [-0.3, -0.25) is 0 Å². The Hall–Kier alpha value is -1.43. The predicted molar refractivity (Wildman–Crippen MR) is 73.2 cm³/mol. The first-order valence-electron chi connectivity index (χ1n) is 6.02. The molecule has 0 saturated carbocycles. The van der Waals surface area contributed by atoms with Crippen LogP contribution in [0.4, 0.5) is 22.0 Å². The lowest BCUT2D eigenvalue weighted by Crippen LogP contribution is -2.06. The molecule has 0 fully saturated rings. The van der Waals surface area contributed by atoms with Crippen LogP contribution in [0.1, 0.15) is 21.5 Å². The Labute approximate surface area is 126 Å². The quantitative estimate of drug-likeness (QED) is 0.486. The van der Waals surface area contributed by atoms with Crippen LogP contribution in [0.3, 0.4) is 0 Å². The maximum Gasteiger partial charge on any atom is 0.416 e. The van der Waals surface area contributed by atoms with Crippen LogP contribution in [0.2, 0.25) is 0 Å². The molecule has 0 bridgehead atoms. The molecule has 2 aromatic carbocycles. The Morgan fingerprint density at radius 1 is 0.952 bits per heavy atom. The summed E-state index contributed by atoms with van der Waals surface area (Å²) in [6.45, 7) is 0. The zero-order valence-corrected chi connectivity index (χ0v) is 12.2. The third-order valence-corrected chi connectivity index (χ3v) is 3.83. The third kappa shape index (κ3) is 4.03. The van der Waals surface area contributed by atoms with E-state index >= 15 is 0 Å². The summed E-state index contributed by atoms with van der Waals surface area (Å²) >= 11 is 3.28. The van der Waals surface area contributed by atoms with Crippen LogP contribution in [0.5, 0.6) is 0 Å². The van der Waals surface area contributed by atoms with E-state index in [-0.39, 0.29) is 6.42 Å². The molecule has 0 saturated heterocycles. The standard InChI is InChI=1S/C15H10BrF5/c16-12(6-9-4-5-13(17)14(18)7-9)10-2-1-3-11(8-10)15(19,20)21/h1-5,7-8,12H,6H2. The molecule has 2 aromatic rings. The molecule has 0 aliphatic heterocycles. The number of hydrogen-bond donors (Lipinski definition) is 0. The minimum absolute atomic E-state index is 0.249.